The van der Waals surface area contributed by atoms with Gasteiger partial charge < -0.3 is 10.1 Å². The first-order valence-electron chi connectivity index (χ1n) is 3.39. The van der Waals surface area contributed by atoms with Crippen molar-refractivity contribution in [3.63, 3.8) is 0 Å². The van der Waals surface area contributed by atoms with Gasteiger partial charge in [0.2, 0.25) is 0 Å². The number of nitrogens with one attached hydrogen (secondary N) is 1. The zero-order chi connectivity index (χ0) is 9.40. The van der Waals surface area contributed by atoms with Gasteiger partial charge in [-0.1, -0.05) is 18.7 Å². The summed E-state index contributed by atoms with van der Waals surface area (Å²) in [6.45, 7) is 6.99. The van der Waals surface area contributed by atoms with E-state index in [1.54, 1.807) is 0 Å². The van der Waals surface area contributed by atoms with E-state index in [0.717, 1.165) is 0 Å². The van der Waals surface area contributed by atoms with Crippen molar-refractivity contribution < 1.29 is 14.3 Å². The molecule has 4 heteroatoms. The Kier molecular flexibility index (Phi) is 5.34. The van der Waals surface area contributed by atoms with E-state index in [9.17, 15) is 9.59 Å². The van der Waals surface area contributed by atoms with Gasteiger partial charge in [-0.2, -0.15) is 0 Å². The van der Waals surface area contributed by atoms with Crippen LogP contribution in [0.4, 0.5) is 0 Å². The molecular formula is C8H11NO3. The summed E-state index contributed by atoms with van der Waals surface area (Å²) < 4.78 is 4.45. The summed E-state index contributed by atoms with van der Waals surface area (Å²) in [5.74, 6) is -1.67. The van der Waals surface area contributed by atoms with Crippen molar-refractivity contribution in [3.05, 3.63) is 25.3 Å². The van der Waals surface area contributed by atoms with Gasteiger partial charge in [0.1, 0.15) is 6.61 Å². The summed E-state index contributed by atoms with van der Waals surface area (Å²) >= 11 is 0. The van der Waals surface area contributed by atoms with Crippen LogP contribution in [0, 0.1) is 0 Å². The molecule has 0 aliphatic heterocycles. The molecule has 0 rings (SSSR count). The summed E-state index contributed by atoms with van der Waals surface area (Å²) in [6, 6.07) is 0. The Labute approximate surface area is 70.9 Å². The molecule has 12 heavy (non-hydrogen) atoms. The number of ether oxygens (including phenoxy) is 1. The van der Waals surface area contributed by atoms with Gasteiger partial charge in [-0.05, 0) is 0 Å². The van der Waals surface area contributed by atoms with Crippen molar-refractivity contribution in [3.8, 4) is 0 Å². The molecule has 0 saturated carbocycles. The number of carbonyl (C=O) groups excluding carboxylic acids is 2. The maximum Gasteiger partial charge on any atom is 0.397 e. The molecule has 0 aliphatic carbocycles. The largest absolute Gasteiger partial charge is 0.454 e. The zero-order valence-electron chi connectivity index (χ0n) is 6.71. The minimum Gasteiger partial charge on any atom is -0.454 e. The molecule has 0 heterocycles. The van der Waals surface area contributed by atoms with Crippen LogP contribution in [0.25, 0.3) is 0 Å². The zero-order valence-corrected chi connectivity index (χ0v) is 6.71. The third kappa shape index (κ3) is 4.27. The van der Waals surface area contributed by atoms with E-state index in [0.29, 0.717) is 0 Å². The molecule has 0 saturated heterocycles. The van der Waals surface area contributed by atoms with Crippen LogP contribution in [0.2, 0.25) is 0 Å². The summed E-state index contributed by atoms with van der Waals surface area (Å²) in [5.41, 5.74) is 0. The van der Waals surface area contributed by atoms with Crippen LogP contribution in [0.15, 0.2) is 25.3 Å². The molecule has 0 aliphatic rings. The lowest BCUT2D eigenvalue weighted by Crippen LogP contribution is -2.32. The number of esters is 1. The maximum atomic E-state index is 10.7. The summed E-state index contributed by atoms with van der Waals surface area (Å²) in [6.07, 6.45) is 2.86. The van der Waals surface area contributed by atoms with E-state index in [-0.39, 0.29) is 13.2 Å². The summed E-state index contributed by atoms with van der Waals surface area (Å²) in [4.78, 5) is 21.4. The van der Waals surface area contributed by atoms with Crippen LogP contribution in [0.1, 0.15) is 0 Å². The normalized spacial score (nSPS) is 8.33. The van der Waals surface area contributed by atoms with Crippen LogP contribution in [0.5, 0.6) is 0 Å². The molecule has 0 aromatic rings. The lowest BCUT2D eigenvalue weighted by atomic mass is 10.5. The van der Waals surface area contributed by atoms with Crippen LogP contribution < -0.4 is 5.32 Å². The molecule has 0 aromatic carbocycles. The van der Waals surface area contributed by atoms with Gasteiger partial charge in [-0.15, -0.1) is 6.58 Å². The van der Waals surface area contributed by atoms with Crippen molar-refractivity contribution in [2.75, 3.05) is 13.2 Å². The van der Waals surface area contributed by atoms with E-state index in [1.807, 2.05) is 0 Å². The second-order valence-corrected chi connectivity index (χ2v) is 1.89. The SMILES string of the molecule is C=CCNC(=O)C(=O)OCC=C. The predicted molar refractivity (Wildman–Crippen MR) is 44.4 cm³/mol. The number of carbonyl (C=O) groups is 2. The molecule has 0 radical (unpaired) electrons. The highest BCUT2D eigenvalue weighted by molar-refractivity contribution is 6.32. The van der Waals surface area contributed by atoms with E-state index < -0.39 is 11.9 Å². The van der Waals surface area contributed by atoms with Gasteiger partial charge in [-0.25, -0.2) is 4.79 Å². The molecule has 0 aromatic heterocycles. The maximum absolute atomic E-state index is 10.7. The molecule has 4 nitrogen and oxygen atoms in total. The monoisotopic (exact) mass is 169 g/mol. The first kappa shape index (κ1) is 10.4. The molecule has 0 atom stereocenters. The fourth-order valence-electron chi connectivity index (χ4n) is 0.437. The Morgan fingerprint density at radius 2 is 2.00 bits per heavy atom. The lowest BCUT2D eigenvalue weighted by molar-refractivity contribution is -0.153. The second-order valence-electron chi connectivity index (χ2n) is 1.89. The molecule has 1 amide bonds. The van der Waals surface area contributed by atoms with Crippen molar-refractivity contribution >= 4 is 11.9 Å². The van der Waals surface area contributed by atoms with Gasteiger partial charge in [0.15, 0.2) is 0 Å². The van der Waals surface area contributed by atoms with Crippen LogP contribution in [-0.2, 0) is 14.3 Å². The topological polar surface area (TPSA) is 55.4 Å². The third-order valence-corrected chi connectivity index (χ3v) is 0.925. The van der Waals surface area contributed by atoms with Crippen molar-refractivity contribution in [2.24, 2.45) is 0 Å². The van der Waals surface area contributed by atoms with Gasteiger partial charge in [0, 0.05) is 6.54 Å². The minimum absolute atomic E-state index is 0.0420. The number of hydrogen-bond donors (Lipinski definition) is 1. The molecule has 0 spiro atoms. The molecule has 0 fully saturated rings. The molecule has 0 unspecified atom stereocenters. The van der Waals surface area contributed by atoms with E-state index >= 15 is 0 Å². The highest BCUT2D eigenvalue weighted by Crippen LogP contribution is 1.79. The van der Waals surface area contributed by atoms with Gasteiger partial charge in [-0.3, -0.25) is 4.79 Å². The van der Waals surface area contributed by atoms with Crippen molar-refractivity contribution in [1.82, 2.24) is 5.32 Å². The van der Waals surface area contributed by atoms with Crippen LogP contribution in [0.3, 0.4) is 0 Å². The van der Waals surface area contributed by atoms with Crippen LogP contribution in [-0.4, -0.2) is 25.0 Å². The van der Waals surface area contributed by atoms with E-state index in [1.165, 1.54) is 12.2 Å². The first-order chi connectivity index (χ1) is 5.72. The van der Waals surface area contributed by atoms with Gasteiger partial charge in [0.25, 0.3) is 0 Å². The van der Waals surface area contributed by atoms with Crippen molar-refractivity contribution in [2.45, 2.75) is 0 Å². The average Bonchev–Trinajstić information content (AvgIpc) is 2.10. The fraction of sp³-hybridized carbons (Fsp3) is 0.250. The van der Waals surface area contributed by atoms with Gasteiger partial charge >= 0.3 is 11.9 Å². The quantitative estimate of drug-likeness (QED) is 0.366. The molecule has 1 N–H and O–H groups in total. The highest BCUT2D eigenvalue weighted by atomic mass is 16.5. The molecular weight excluding hydrogens is 158 g/mol. The standard InChI is InChI=1S/C8H11NO3/c1-3-5-9-7(10)8(11)12-6-4-2/h3-4H,1-2,5-6H2,(H,9,10). The highest BCUT2D eigenvalue weighted by Gasteiger charge is 2.12. The Balaban J connectivity index is 3.68. The average molecular weight is 169 g/mol. The minimum atomic E-state index is -0.906. The fourth-order valence-corrected chi connectivity index (χ4v) is 0.437. The summed E-state index contributed by atoms with van der Waals surface area (Å²) in [5, 5.41) is 2.28. The lowest BCUT2D eigenvalue weighted by Gasteiger charge is -2.00. The summed E-state index contributed by atoms with van der Waals surface area (Å²) in [7, 11) is 0. The third-order valence-electron chi connectivity index (χ3n) is 0.925. The Morgan fingerprint density at radius 3 is 2.50 bits per heavy atom. The first-order valence-corrected chi connectivity index (χ1v) is 3.39. The smallest absolute Gasteiger partial charge is 0.397 e. The number of rotatable bonds is 4. The molecule has 66 valence electrons. The number of amides is 1. The Bertz CT molecular complexity index is 176. The second kappa shape index (κ2) is 6.15. The van der Waals surface area contributed by atoms with E-state index in [4.69, 9.17) is 0 Å². The van der Waals surface area contributed by atoms with Crippen LogP contribution >= 0.6 is 0 Å². The Hall–Kier alpha value is -1.58. The Morgan fingerprint density at radius 1 is 1.33 bits per heavy atom. The van der Waals surface area contributed by atoms with E-state index in [2.05, 4.69) is 23.2 Å². The van der Waals surface area contributed by atoms with Gasteiger partial charge in [0.05, 0.1) is 0 Å². The predicted octanol–water partition coefficient (Wildman–Crippen LogP) is 0.0178. The number of hydrogen-bond acceptors (Lipinski definition) is 3. The molecule has 0 bridgehead atoms. The van der Waals surface area contributed by atoms with Crippen molar-refractivity contribution in [1.29, 1.82) is 0 Å².